The Labute approximate surface area is 152 Å². The van der Waals surface area contributed by atoms with E-state index in [0.29, 0.717) is 12.6 Å². The van der Waals surface area contributed by atoms with Gasteiger partial charge in [0.25, 0.3) is 0 Å². The highest BCUT2D eigenvalue weighted by atomic mass is 19.1. The maximum absolute atomic E-state index is 13.4. The molecule has 1 saturated carbocycles. The monoisotopic (exact) mass is 351 g/mol. The Morgan fingerprint density at radius 1 is 1.04 bits per heavy atom. The molecule has 134 valence electrons. The first-order valence-electron chi connectivity index (χ1n) is 9.13. The van der Waals surface area contributed by atoms with Crippen LogP contribution in [-0.2, 0) is 0 Å². The fraction of sp³-hybridized carbons (Fsp3) is 0.350. The first-order valence-corrected chi connectivity index (χ1v) is 9.13. The minimum absolute atomic E-state index is 0.0496. The maximum Gasteiger partial charge on any atom is 0.160 e. The summed E-state index contributed by atoms with van der Waals surface area (Å²) in [5, 5.41) is 16.0. The van der Waals surface area contributed by atoms with Gasteiger partial charge in [-0.3, -0.25) is 0 Å². The van der Waals surface area contributed by atoms with E-state index in [1.807, 2.05) is 47.1 Å². The molecule has 1 N–H and O–H groups in total. The van der Waals surface area contributed by atoms with Crippen molar-refractivity contribution in [2.24, 2.45) is 0 Å². The van der Waals surface area contributed by atoms with E-state index in [1.54, 1.807) is 0 Å². The Morgan fingerprint density at radius 3 is 2.50 bits per heavy atom. The fourth-order valence-electron chi connectivity index (χ4n) is 3.67. The SMILES string of the molecule is Fc1ccc(C(CNc2ccccc2)c2nnnn2C2CCCC2)cc1. The van der Waals surface area contributed by atoms with Gasteiger partial charge in [0, 0.05) is 12.2 Å². The Hall–Kier alpha value is -2.76. The van der Waals surface area contributed by atoms with Crippen LogP contribution in [0.2, 0.25) is 0 Å². The summed E-state index contributed by atoms with van der Waals surface area (Å²) < 4.78 is 15.4. The van der Waals surface area contributed by atoms with Crippen molar-refractivity contribution < 1.29 is 4.39 Å². The van der Waals surface area contributed by atoms with Crippen LogP contribution >= 0.6 is 0 Å². The fourth-order valence-corrected chi connectivity index (χ4v) is 3.67. The third kappa shape index (κ3) is 3.59. The molecule has 0 saturated heterocycles. The minimum Gasteiger partial charge on any atom is -0.384 e. The average Bonchev–Trinajstić information content (AvgIpc) is 3.35. The molecule has 1 heterocycles. The molecule has 1 aliphatic rings. The molecule has 0 aliphatic heterocycles. The van der Waals surface area contributed by atoms with Crippen LogP contribution in [0, 0.1) is 5.82 Å². The molecule has 0 spiro atoms. The Balaban J connectivity index is 1.64. The third-order valence-electron chi connectivity index (χ3n) is 5.06. The molecule has 3 aromatic rings. The molecule has 1 atom stereocenters. The van der Waals surface area contributed by atoms with Crippen LogP contribution in [0.1, 0.15) is 49.0 Å². The number of anilines is 1. The van der Waals surface area contributed by atoms with Crippen LogP contribution in [0.25, 0.3) is 0 Å². The van der Waals surface area contributed by atoms with E-state index in [9.17, 15) is 4.39 Å². The van der Waals surface area contributed by atoms with Gasteiger partial charge in [0.05, 0.1) is 12.0 Å². The lowest BCUT2D eigenvalue weighted by molar-refractivity contribution is 0.432. The lowest BCUT2D eigenvalue weighted by Gasteiger charge is -2.20. The third-order valence-corrected chi connectivity index (χ3v) is 5.06. The van der Waals surface area contributed by atoms with Crippen molar-refractivity contribution in [3.8, 4) is 0 Å². The van der Waals surface area contributed by atoms with Gasteiger partial charge in [-0.2, -0.15) is 0 Å². The Bertz CT molecular complexity index is 825. The molecule has 2 aromatic carbocycles. The van der Waals surface area contributed by atoms with E-state index in [0.717, 1.165) is 29.9 Å². The van der Waals surface area contributed by atoms with E-state index in [4.69, 9.17) is 0 Å². The molecule has 26 heavy (non-hydrogen) atoms. The maximum atomic E-state index is 13.4. The van der Waals surface area contributed by atoms with Gasteiger partial charge in [0.15, 0.2) is 5.82 Å². The van der Waals surface area contributed by atoms with Gasteiger partial charge in [-0.25, -0.2) is 9.07 Å². The second-order valence-electron chi connectivity index (χ2n) is 6.77. The molecule has 5 nitrogen and oxygen atoms in total. The van der Waals surface area contributed by atoms with Crippen molar-refractivity contribution in [1.82, 2.24) is 20.2 Å². The molecular weight excluding hydrogens is 329 g/mol. The predicted molar refractivity (Wildman–Crippen MR) is 98.5 cm³/mol. The number of rotatable bonds is 6. The van der Waals surface area contributed by atoms with Crippen molar-refractivity contribution >= 4 is 5.69 Å². The average molecular weight is 351 g/mol. The van der Waals surface area contributed by atoms with Crippen LogP contribution in [0.4, 0.5) is 10.1 Å². The molecule has 1 unspecified atom stereocenters. The van der Waals surface area contributed by atoms with Crippen LogP contribution in [-0.4, -0.2) is 26.8 Å². The highest BCUT2D eigenvalue weighted by Gasteiger charge is 2.27. The van der Waals surface area contributed by atoms with Crippen LogP contribution in [0.5, 0.6) is 0 Å². The summed E-state index contributed by atoms with van der Waals surface area (Å²) in [6.45, 7) is 0.642. The Kier molecular flexibility index (Phi) is 4.91. The molecule has 6 heteroatoms. The molecule has 4 rings (SSSR count). The van der Waals surface area contributed by atoms with Crippen molar-refractivity contribution in [3.05, 3.63) is 71.8 Å². The number of halogens is 1. The highest BCUT2D eigenvalue weighted by Crippen LogP contribution is 2.32. The molecule has 0 radical (unpaired) electrons. The summed E-state index contributed by atoms with van der Waals surface area (Å²) in [4.78, 5) is 0. The lowest BCUT2D eigenvalue weighted by atomic mass is 9.97. The number of nitrogens with zero attached hydrogens (tertiary/aromatic N) is 4. The molecule has 1 aromatic heterocycles. The van der Waals surface area contributed by atoms with Crippen LogP contribution < -0.4 is 5.32 Å². The van der Waals surface area contributed by atoms with Crippen molar-refractivity contribution in [2.45, 2.75) is 37.6 Å². The zero-order valence-electron chi connectivity index (χ0n) is 14.6. The molecule has 0 bridgehead atoms. The standard InChI is InChI=1S/C20H22FN5/c21-16-12-10-15(11-13-16)19(14-22-17-6-2-1-3-7-17)20-23-24-25-26(20)18-8-4-5-9-18/h1-3,6-7,10-13,18-19,22H,4-5,8-9,14H2. The minimum atomic E-state index is -0.237. The first-order chi connectivity index (χ1) is 12.8. The van der Waals surface area contributed by atoms with Gasteiger partial charge in [-0.15, -0.1) is 5.10 Å². The number of para-hydroxylation sites is 1. The van der Waals surface area contributed by atoms with Crippen LogP contribution in [0.3, 0.4) is 0 Å². The van der Waals surface area contributed by atoms with Gasteiger partial charge in [-0.1, -0.05) is 43.2 Å². The quantitative estimate of drug-likeness (QED) is 0.724. The summed E-state index contributed by atoms with van der Waals surface area (Å²) in [6.07, 6.45) is 4.65. The van der Waals surface area contributed by atoms with Gasteiger partial charge >= 0.3 is 0 Å². The molecule has 1 fully saturated rings. The topological polar surface area (TPSA) is 55.6 Å². The summed E-state index contributed by atoms with van der Waals surface area (Å²) >= 11 is 0. The molecule has 1 aliphatic carbocycles. The van der Waals surface area contributed by atoms with E-state index in [-0.39, 0.29) is 11.7 Å². The predicted octanol–water partition coefficient (Wildman–Crippen LogP) is 4.17. The van der Waals surface area contributed by atoms with Gasteiger partial charge in [0.2, 0.25) is 0 Å². The summed E-state index contributed by atoms with van der Waals surface area (Å²) in [5.74, 6) is 0.553. The zero-order chi connectivity index (χ0) is 17.8. The van der Waals surface area contributed by atoms with E-state index >= 15 is 0 Å². The first kappa shape index (κ1) is 16.7. The summed E-state index contributed by atoms with van der Waals surface area (Å²) in [5.41, 5.74) is 2.04. The number of benzene rings is 2. The Morgan fingerprint density at radius 2 is 1.77 bits per heavy atom. The summed E-state index contributed by atoms with van der Waals surface area (Å²) in [6, 6.07) is 17.0. The van der Waals surface area contributed by atoms with Crippen molar-refractivity contribution in [1.29, 1.82) is 0 Å². The normalized spacial score (nSPS) is 15.9. The molecular formula is C20H22FN5. The zero-order valence-corrected chi connectivity index (χ0v) is 14.6. The van der Waals surface area contributed by atoms with Crippen molar-refractivity contribution in [3.63, 3.8) is 0 Å². The van der Waals surface area contributed by atoms with Gasteiger partial charge < -0.3 is 5.32 Å². The van der Waals surface area contributed by atoms with Crippen molar-refractivity contribution in [2.75, 3.05) is 11.9 Å². The summed E-state index contributed by atoms with van der Waals surface area (Å²) in [7, 11) is 0. The van der Waals surface area contributed by atoms with Gasteiger partial charge in [0.1, 0.15) is 5.82 Å². The smallest absolute Gasteiger partial charge is 0.160 e. The number of tetrazole rings is 1. The second kappa shape index (κ2) is 7.64. The number of nitrogens with one attached hydrogen (secondary N) is 1. The van der Waals surface area contributed by atoms with E-state index in [2.05, 4.69) is 20.8 Å². The lowest BCUT2D eigenvalue weighted by Crippen LogP contribution is -2.21. The van der Waals surface area contributed by atoms with E-state index in [1.165, 1.54) is 25.0 Å². The highest BCUT2D eigenvalue weighted by molar-refractivity contribution is 5.43. The van der Waals surface area contributed by atoms with Crippen LogP contribution in [0.15, 0.2) is 54.6 Å². The second-order valence-corrected chi connectivity index (χ2v) is 6.77. The van der Waals surface area contributed by atoms with Gasteiger partial charge in [-0.05, 0) is 53.1 Å². The number of hydrogen-bond donors (Lipinski definition) is 1. The van der Waals surface area contributed by atoms with E-state index < -0.39 is 0 Å². The number of aromatic nitrogens is 4. The molecule has 0 amide bonds. The number of hydrogen-bond acceptors (Lipinski definition) is 4. The largest absolute Gasteiger partial charge is 0.384 e.